The van der Waals surface area contributed by atoms with E-state index in [2.05, 4.69) is 0 Å². The third-order valence-electron chi connectivity index (χ3n) is 2.53. The molecule has 0 spiro atoms. The number of carbonyl (C=O) groups is 1. The molecule has 0 radical (unpaired) electrons. The van der Waals surface area contributed by atoms with E-state index in [4.69, 9.17) is 28.3 Å². The Morgan fingerprint density at radius 1 is 1.42 bits per heavy atom. The minimum atomic E-state index is -0.971. The van der Waals surface area contributed by atoms with Gasteiger partial charge in [0.05, 0.1) is 21.4 Å². The van der Waals surface area contributed by atoms with Gasteiger partial charge in [0, 0.05) is 19.2 Å². The third-order valence-corrected chi connectivity index (χ3v) is 3.25. The number of rotatable bonds is 6. The maximum Gasteiger partial charge on any atom is 0.305 e. The molecule has 104 valence electrons. The van der Waals surface area contributed by atoms with Crippen LogP contribution in [-0.2, 0) is 4.79 Å². The van der Waals surface area contributed by atoms with E-state index in [1.165, 1.54) is 12.1 Å². The SMILES string of the molecule is CCN(CCC(=O)O)c1cc(Cl)c(Cl)cc1[N+](=O)[O-]. The van der Waals surface area contributed by atoms with Gasteiger partial charge in [0.25, 0.3) is 5.69 Å². The molecule has 0 saturated carbocycles. The minimum Gasteiger partial charge on any atom is -0.481 e. The second kappa shape index (κ2) is 6.58. The average molecular weight is 307 g/mol. The normalized spacial score (nSPS) is 10.3. The summed E-state index contributed by atoms with van der Waals surface area (Å²) in [5, 5.41) is 20.0. The van der Waals surface area contributed by atoms with E-state index in [-0.39, 0.29) is 34.4 Å². The van der Waals surface area contributed by atoms with Gasteiger partial charge in [-0.25, -0.2) is 0 Å². The van der Waals surface area contributed by atoms with Crippen LogP contribution in [0.4, 0.5) is 11.4 Å². The van der Waals surface area contributed by atoms with Crippen LogP contribution in [0.25, 0.3) is 0 Å². The molecule has 0 bridgehead atoms. The Balaban J connectivity index is 3.17. The highest BCUT2D eigenvalue weighted by Crippen LogP contribution is 2.36. The van der Waals surface area contributed by atoms with Crippen LogP contribution in [0.15, 0.2) is 12.1 Å². The first-order valence-corrected chi connectivity index (χ1v) is 6.22. The summed E-state index contributed by atoms with van der Waals surface area (Å²) in [4.78, 5) is 22.6. The third kappa shape index (κ3) is 3.97. The maximum absolute atomic E-state index is 11.0. The molecule has 0 aliphatic carbocycles. The number of benzene rings is 1. The van der Waals surface area contributed by atoms with E-state index in [1.54, 1.807) is 11.8 Å². The zero-order valence-electron chi connectivity index (χ0n) is 10.1. The molecule has 0 amide bonds. The van der Waals surface area contributed by atoms with E-state index in [9.17, 15) is 14.9 Å². The summed E-state index contributed by atoms with van der Waals surface area (Å²) >= 11 is 11.6. The van der Waals surface area contributed by atoms with Crippen molar-refractivity contribution in [2.45, 2.75) is 13.3 Å². The predicted octanol–water partition coefficient (Wildman–Crippen LogP) is 3.20. The highest BCUT2D eigenvalue weighted by atomic mass is 35.5. The van der Waals surface area contributed by atoms with Crippen molar-refractivity contribution in [1.29, 1.82) is 0 Å². The Morgan fingerprint density at radius 3 is 2.47 bits per heavy atom. The monoisotopic (exact) mass is 306 g/mol. The lowest BCUT2D eigenvalue weighted by Crippen LogP contribution is -2.26. The van der Waals surface area contributed by atoms with Gasteiger partial charge in [0.1, 0.15) is 5.69 Å². The Kier molecular flexibility index (Phi) is 5.38. The number of hydrogen-bond donors (Lipinski definition) is 1. The molecule has 8 heteroatoms. The fraction of sp³-hybridized carbons (Fsp3) is 0.364. The Bertz CT molecular complexity index is 508. The minimum absolute atomic E-state index is 0.0893. The largest absolute Gasteiger partial charge is 0.481 e. The number of hydrogen-bond acceptors (Lipinski definition) is 4. The summed E-state index contributed by atoms with van der Waals surface area (Å²) < 4.78 is 0. The zero-order chi connectivity index (χ0) is 14.6. The number of nitro benzene ring substituents is 1. The molecule has 0 saturated heterocycles. The van der Waals surface area contributed by atoms with Gasteiger partial charge in [-0.2, -0.15) is 0 Å². The first-order chi connectivity index (χ1) is 8.86. The second-order valence-electron chi connectivity index (χ2n) is 3.74. The Morgan fingerprint density at radius 2 is 2.00 bits per heavy atom. The van der Waals surface area contributed by atoms with Crippen LogP contribution in [0.2, 0.25) is 10.0 Å². The van der Waals surface area contributed by atoms with Gasteiger partial charge >= 0.3 is 5.97 Å². The van der Waals surface area contributed by atoms with Crippen LogP contribution in [-0.4, -0.2) is 29.1 Å². The highest BCUT2D eigenvalue weighted by molar-refractivity contribution is 6.42. The molecule has 6 nitrogen and oxygen atoms in total. The molecule has 0 heterocycles. The molecule has 0 aromatic heterocycles. The van der Waals surface area contributed by atoms with Crippen molar-refractivity contribution in [3.05, 3.63) is 32.3 Å². The topological polar surface area (TPSA) is 83.7 Å². The molecular formula is C11H12Cl2N2O4. The fourth-order valence-corrected chi connectivity index (χ4v) is 1.92. The van der Waals surface area contributed by atoms with Crippen LogP contribution >= 0.6 is 23.2 Å². The fourth-order valence-electron chi connectivity index (χ4n) is 1.60. The van der Waals surface area contributed by atoms with E-state index in [1.807, 2.05) is 0 Å². The lowest BCUT2D eigenvalue weighted by atomic mass is 10.2. The van der Waals surface area contributed by atoms with Crippen LogP contribution < -0.4 is 4.90 Å². The van der Waals surface area contributed by atoms with E-state index >= 15 is 0 Å². The highest BCUT2D eigenvalue weighted by Gasteiger charge is 2.21. The lowest BCUT2D eigenvalue weighted by Gasteiger charge is -2.22. The van der Waals surface area contributed by atoms with Crippen LogP contribution in [0.3, 0.4) is 0 Å². The zero-order valence-corrected chi connectivity index (χ0v) is 11.6. The van der Waals surface area contributed by atoms with Crippen molar-refractivity contribution in [3.8, 4) is 0 Å². The number of carboxylic acid groups (broad SMARTS) is 1. The van der Waals surface area contributed by atoms with Gasteiger partial charge in [-0.1, -0.05) is 23.2 Å². The van der Waals surface area contributed by atoms with Gasteiger partial charge in [-0.15, -0.1) is 0 Å². The second-order valence-corrected chi connectivity index (χ2v) is 4.55. The van der Waals surface area contributed by atoms with Gasteiger partial charge in [0.2, 0.25) is 0 Å². The first kappa shape index (κ1) is 15.5. The molecule has 19 heavy (non-hydrogen) atoms. The molecule has 0 aliphatic rings. The van der Waals surface area contributed by atoms with Crippen LogP contribution in [0, 0.1) is 10.1 Å². The molecular weight excluding hydrogens is 295 g/mol. The van der Waals surface area contributed by atoms with Gasteiger partial charge in [-0.05, 0) is 13.0 Å². The first-order valence-electron chi connectivity index (χ1n) is 5.47. The van der Waals surface area contributed by atoms with Gasteiger partial charge in [-0.3, -0.25) is 14.9 Å². The van der Waals surface area contributed by atoms with Crippen molar-refractivity contribution in [2.75, 3.05) is 18.0 Å². The summed E-state index contributed by atoms with van der Waals surface area (Å²) in [6.07, 6.45) is -0.120. The molecule has 0 atom stereocenters. The van der Waals surface area contributed by atoms with Crippen molar-refractivity contribution in [2.24, 2.45) is 0 Å². The summed E-state index contributed by atoms with van der Waals surface area (Å²) in [6, 6.07) is 2.55. The molecule has 0 unspecified atom stereocenters. The number of anilines is 1. The van der Waals surface area contributed by atoms with Crippen LogP contribution in [0.5, 0.6) is 0 Å². The van der Waals surface area contributed by atoms with E-state index < -0.39 is 10.9 Å². The number of nitro groups is 1. The molecule has 1 aromatic rings. The summed E-state index contributed by atoms with van der Waals surface area (Å²) in [5.74, 6) is -0.971. The van der Waals surface area contributed by atoms with Gasteiger partial charge < -0.3 is 10.0 Å². The Labute approximate surface area is 119 Å². The average Bonchev–Trinajstić information content (AvgIpc) is 2.33. The summed E-state index contributed by atoms with van der Waals surface area (Å²) in [6.45, 7) is 2.35. The van der Waals surface area contributed by atoms with Crippen LogP contribution in [0.1, 0.15) is 13.3 Å². The van der Waals surface area contributed by atoms with E-state index in [0.29, 0.717) is 6.54 Å². The standard InChI is InChI=1S/C11H12Cl2N2O4/c1-2-14(4-3-11(16)17)9-5-7(12)8(13)6-10(9)15(18)19/h5-6H,2-4H2,1H3,(H,16,17). The number of carboxylic acids is 1. The lowest BCUT2D eigenvalue weighted by molar-refractivity contribution is -0.384. The molecule has 1 N–H and O–H groups in total. The van der Waals surface area contributed by atoms with Crippen molar-refractivity contribution < 1.29 is 14.8 Å². The van der Waals surface area contributed by atoms with Gasteiger partial charge in [0.15, 0.2) is 0 Å². The maximum atomic E-state index is 11.0. The van der Waals surface area contributed by atoms with Crippen molar-refractivity contribution in [1.82, 2.24) is 0 Å². The quantitative estimate of drug-likeness (QED) is 0.644. The predicted molar refractivity (Wildman–Crippen MR) is 73.3 cm³/mol. The van der Waals surface area contributed by atoms with E-state index in [0.717, 1.165) is 0 Å². The number of nitrogens with zero attached hydrogens (tertiary/aromatic N) is 2. The summed E-state index contributed by atoms with van der Waals surface area (Å²) in [7, 11) is 0. The molecule has 1 aromatic carbocycles. The smallest absolute Gasteiger partial charge is 0.305 e. The summed E-state index contributed by atoms with van der Waals surface area (Å²) in [5.41, 5.74) is 0.0739. The number of halogens is 2. The van der Waals surface area contributed by atoms with Crippen molar-refractivity contribution in [3.63, 3.8) is 0 Å². The Hall–Kier alpha value is -1.53. The molecule has 0 fully saturated rings. The molecule has 1 rings (SSSR count). The molecule has 0 aliphatic heterocycles. The number of aliphatic carboxylic acids is 1. The van der Waals surface area contributed by atoms with Crippen molar-refractivity contribution >= 4 is 40.5 Å².